The Bertz CT molecular complexity index is 965. The van der Waals surface area contributed by atoms with Crippen LogP contribution in [-0.2, 0) is 4.74 Å². The van der Waals surface area contributed by atoms with Crippen LogP contribution in [0.25, 0.3) is 10.2 Å². The van der Waals surface area contributed by atoms with Crippen LogP contribution in [0, 0.1) is 0 Å². The molecule has 0 bridgehead atoms. The highest BCUT2D eigenvalue weighted by molar-refractivity contribution is 7.98. The zero-order valence-corrected chi connectivity index (χ0v) is 17.5. The molecule has 3 aromatic rings. The monoisotopic (exact) mass is 414 g/mol. The largest absolute Gasteiger partial charge is 0.494 e. The van der Waals surface area contributed by atoms with Gasteiger partial charge in [-0.3, -0.25) is 9.69 Å². The molecule has 5 nitrogen and oxygen atoms in total. The summed E-state index contributed by atoms with van der Waals surface area (Å²) >= 11 is 3.16. The number of aromatic nitrogens is 1. The number of thioether (sulfide) groups is 1. The van der Waals surface area contributed by atoms with Crippen molar-refractivity contribution in [2.24, 2.45) is 0 Å². The number of carbonyl (C=O) groups is 1. The Labute approximate surface area is 172 Å². The molecule has 4 rings (SSSR count). The summed E-state index contributed by atoms with van der Waals surface area (Å²) in [6, 6.07) is 13.5. The molecule has 1 amide bonds. The molecule has 1 unspecified atom stereocenters. The van der Waals surface area contributed by atoms with Gasteiger partial charge in [-0.1, -0.05) is 17.4 Å². The summed E-state index contributed by atoms with van der Waals surface area (Å²) in [4.78, 5) is 21.0. The fourth-order valence-electron chi connectivity index (χ4n) is 3.32. The second-order valence-corrected chi connectivity index (χ2v) is 8.47. The maximum absolute atomic E-state index is 13.4. The standard InChI is InChI=1S/C21H22N2O3S2/c1-25-17-6-3-7-18-19(17)22-21(28-18)23(13-15-5-4-12-26-15)20(24)14-8-10-16(27-2)11-9-14/h3,6-11,15H,4-5,12-13H2,1-2H3. The molecule has 0 saturated carbocycles. The first kappa shape index (κ1) is 19.2. The smallest absolute Gasteiger partial charge is 0.260 e. The van der Waals surface area contributed by atoms with Crippen molar-refractivity contribution >= 4 is 44.4 Å². The molecule has 0 aliphatic carbocycles. The highest BCUT2D eigenvalue weighted by atomic mass is 32.2. The molecule has 1 aliphatic rings. The molecule has 146 valence electrons. The van der Waals surface area contributed by atoms with E-state index in [-0.39, 0.29) is 12.0 Å². The number of benzene rings is 2. The van der Waals surface area contributed by atoms with Crippen molar-refractivity contribution in [2.45, 2.75) is 23.8 Å². The van der Waals surface area contributed by atoms with E-state index in [0.717, 1.165) is 34.6 Å². The van der Waals surface area contributed by atoms with Crippen LogP contribution in [-0.4, -0.2) is 43.5 Å². The fraction of sp³-hybridized carbons (Fsp3) is 0.333. The number of amides is 1. The van der Waals surface area contributed by atoms with Crippen LogP contribution in [0.1, 0.15) is 23.2 Å². The third kappa shape index (κ3) is 3.87. The zero-order chi connectivity index (χ0) is 19.5. The molecule has 1 fully saturated rings. The van der Waals surface area contributed by atoms with Crippen LogP contribution >= 0.6 is 23.1 Å². The lowest BCUT2D eigenvalue weighted by molar-refractivity contribution is 0.0917. The van der Waals surface area contributed by atoms with Gasteiger partial charge in [-0.05, 0) is 55.5 Å². The van der Waals surface area contributed by atoms with Gasteiger partial charge in [-0.2, -0.15) is 0 Å². The summed E-state index contributed by atoms with van der Waals surface area (Å²) in [6.07, 6.45) is 4.06. The van der Waals surface area contributed by atoms with Crippen molar-refractivity contribution in [3.05, 3.63) is 48.0 Å². The molecule has 0 radical (unpaired) electrons. The number of rotatable bonds is 6. The second kappa shape index (κ2) is 8.51. The third-order valence-corrected chi connectivity index (χ3v) is 6.60. The Kier molecular flexibility index (Phi) is 5.85. The van der Waals surface area contributed by atoms with E-state index in [4.69, 9.17) is 14.5 Å². The van der Waals surface area contributed by atoms with Crippen LogP contribution in [0.4, 0.5) is 5.13 Å². The molecule has 0 spiro atoms. The van der Waals surface area contributed by atoms with Crippen LogP contribution < -0.4 is 9.64 Å². The quantitative estimate of drug-likeness (QED) is 0.540. The Morgan fingerprint density at radius 3 is 2.82 bits per heavy atom. The van der Waals surface area contributed by atoms with E-state index in [1.165, 1.54) is 11.3 Å². The van der Waals surface area contributed by atoms with Gasteiger partial charge in [0, 0.05) is 17.1 Å². The number of anilines is 1. The van der Waals surface area contributed by atoms with E-state index in [1.807, 2.05) is 48.7 Å². The highest BCUT2D eigenvalue weighted by Gasteiger charge is 2.27. The molecule has 0 N–H and O–H groups in total. The molecule has 1 aliphatic heterocycles. The number of fused-ring (bicyclic) bond motifs is 1. The molecule has 28 heavy (non-hydrogen) atoms. The maximum Gasteiger partial charge on any atom is 0.260 e. The van der Waals surface area contributed by atoms with Crippen molar-refractivity contribution in [1.82, 2.24) is 4.98 Å². The van der Waals surface area contributed by atoms with Gasteiger partial charge >= 0.3 is 0 Å². The first-order chi connectivity index (χ1) is 13.7. The summed E-state index contributed by atoms with van der Waals surface area (Å²) in [7, 11) is 1.64. The molecule has 1 atom stereocenters. The summed E-state index contributed by atoms with van der Waals surface area (Å²) in [5.41, 5.74) is 1.44. The Hall–Kier alpha value is -2.09. The lowest BCUT2D eigenvalue weighted by Gasteiger charge is -2.23. The highest BCUT2D eigenvalue weighted by Crippen LogP contribution is 2.35. The molecular formula is C21H22N2O3S2. The van der Waals surface area contributed by atoms with E-state index in [0.29, 0.717) is 23.0 Å². The van der Waals surface area contributed by atoms with Gasteiger partial charge in [-0.15, -0.1) is 11.8 Å². The van der Waals surface area contributed by atoms with Crippen molar-refractivity contribution in [3.63, 3.8) is 0 Å². The van der Waals surface area contributed by atoms with Gasteiger partial charge in [-0.25, -0.2) is 4.98 Å². The van der Waals surface area contributed by atoms with E-state index in [1.54, 1.807) is 23.8 Å². The van der Waals surface area contributed by atoms with Gasteiger partial charge in [0.1, 0.15) is 11.3 Å². The van der Waals surface area contributed by atoms with Crippen molar-refractivity contribution in [2.75, 3.05) is 31.4 Å². The van der Waals surface area contributed by atoms with Gasteiger partial charge in [0.05, 0.1) is 24.5 Å². The molecule has 2 heterocycles. The SMILES string of the molecule is COc1cccc2sc(N(CC3CCCO3)C(=O)c3ccc(SC)cc3)nc12. The minimum Gasteiger partial charge on any atom is -0.494 e. The lowest BCUT2D eigenvalue weighted by atomic mass is 10.2. The summed E-state index contributed by atoms with van der Waals surface area (Å²) in [5.74, 6) is 0.662. The number of hydrogen-bond donors (Lipinski definition) is 0. The molecule has 2 aromatic carbocycles. The first-order valence-electron chi connectivity index (χ1n) is 9.20. The van der Waals surface area contributed by atoms with Crippen LogP contribution in [0.3, 0.4) is 0 Å². The summed E-state index contributed by atoms with van der Waals surface area (Å²) < 4.78 is 12.2. The number of thiazole rings is 1. The number of nitrogens with zero attached hydrogens (tertiary/aromatic N) is 2. The van der Waals surface area contributed by atoms with Crippen molar-refractivity contribution in [1.29, 1.82) is 0 Å². The molecule has 1 saturated heterocycles. The number of para-hydroxylation sites is 1. The van der Waals surface area contributed by atoms with Crippen LogP contribution in [0.2, 0.25) is 0 Å². The summed E-state index contributed by atoms with van der Waals surface area (Å²) in [6.45, 7) is 1.26. The van der Waals surface area contributed by atoms with E-state index in [2.05, 4.69) is 0 Å². The minimum atomic E-state index is -0.0545. The maximum atomic E-state index is 13.4. The molecule has 7 heteroatoms. The van der Waals surface area contributed by atoms with Gasteiger partial charge in [0.2, 0.25) is 0 Å². The van der Waals surface area contributed by atoms with E-state index < -0.39 is 0 Å². The fourth-order valence-corrected chi connectivity index (χ4v) is 4.72. The Morgan fingerprint density at radius 2 is 2.14 bits per heavy atom. The normalized spacial score (nSPS) is 16.4. The zero-order valence-electron chi connectivity index (χ0n) is 15.9. The van der Waals surface area contributed by atoms with E-state index in [9.17, 15) is 4.79 Å². The van der Waals surface area contributed by atoms with Gasteiger partial charge in [0.25, 0.3) is 5.91 Å². The molecular weight excluding hydrogens is 392 g/mol. The number of hydrogen-bond acceptors (Lipinski definition) is 6. The minimum absolute atomic E-state index is 0.0447. The predicted molar refractivity (Wildman–Crippen MR) is 115 cm³/mol. The topological polar surface area (TPSA) is 51.7 Å². The number of carbonyl (C=O) groups excluding carboxylic acids is 1. The molecule has 1 aromatic heterocycles. The first-order valence-corrected chi connectivity index (χ1v) is 11.2. The number of ether oxygens (including phenoxy) is 2. The van der Waals surface area contributed by atoms with Gasteiger partial charge in [0.15, 0.2) is 5.13 Å². The van der Waals surface area contributed by atoms with E-state index >= 15 is 0 Å². The van der Waals surface area contributed by atoms with Crippen molar-refractivity contribution in [3.8, 4) is 5.75 Å². The van der Waals surface area contributed by atoms with Gasteiger partial charge < -0.3 is 9.47 Å². The third-order valence-electron chi connectivity index (χ3n) is 4.81. The lowest BCUT2D eigenvalue weighted by Crippen LogP contribution is -2.37. The van der Waals surface area contributed by atoms with Crippen LogP contribution in [0.15, 0.2) is 47.4 Å². The predicted octanol–water partition coefficient (Wildman–Crippen LogP) is 4.85. The number of methoxy groups -OCH3 is 1. The van der Waals surface area contributed by atoms with Crippen LogP contribution in [0.5, 0.6) is 5.75 Å². The van der Waals surface area contributed by atoms with Crippen molar-refractivity contribution < 1.29 is 14.3 Å². The average Bonchev–Trinajstić information content (AvgIpc) is 3.40. The second-order valence-electron chi connectivity index (χ2n) is 6.58. The Morgan fingerprint density at radius 1 is 1.32 bits per heavy atom. The average molecular weight is 415 g/mol. The Balaban J connectivity index is 1.71. The summed E-state index contributed by atoms with van der Waals surface area (Å²) in [5, 5.41) is 0.675.